The lowest BCUT2D eigenvalue weighted by molar-refractivity contribution is -0.152. The van der Waals surface area contributed by atoms with Crippen LogP contribution in [0.3, 0.4) is 0 Å². The summed E-state index contributed by atoms with van der Waals surface area (Å²) in [5.74, 6) is 0.383. The van der Waals surface area contributed by atoms with E-state index in [2.05, 4.69) is 6.92 Å². The van der Waals surface area contributed by atoms with Gasteiger partial charge in [-0.1, -0.05) is 19.1 Å². The second-order valence-electron chi connectivity index (χ2n) is 5.50. The summed E-state index contributed by atoms with van der Waals surface area (Å²) in [6.45, 7) is 3.38. The van der Waals surface area contributed by atoms with Gasteiger partial charge in [0.2, 0.25) is 11.8 Å². The second-order valence-corrected chi connectivity index (χ2v) is 5.94. The number of rotatable bonds is 2. The molecule has 2 amide bonds. The molecular formula is C12H19N3O2S. The van der Waals surface area contributed by atoms with Crippen LogP contribution in [0.15, 0.2) is 0 Å². The average Bonchev–Trinajstić information content (AvgIpc) is 2.27. The minimum Gasteiger partial charge on any atom is -0.392 e. The first-order chi connectivity index (χ1) is 8.36. The van der Waals surface area contributed by atoms with Gasteiger partial charge < -0.3 is 15.5 Å². The van der Waals surface area contributed by atoms with Crippen LogP contribution in [0.2, 0.25) is 0 Å². The van der Waals surface area contributed by atoms with Crippen molar-refractivity contribution in [3.8, 4) is 0 Å². The third-order valence-electron chi connectivity index (χ3n) is 4.02. The Hall–Kier alpha value is -1.17. The predicted molar refractivity (Wildman–Crippen MR) is 71.8 cm³/mol. The molecule has 0 radical (unpaired) electrons. The van der Waals surface area contributed by atoms with Crippen LogP contribution in [0.5, 0.6) is 0 Å². The van der Waals surface area contributed by atoms with Gasteiger partial charge in [0.15, 0.2) is 0 Å². The number of likely N-dealkylation sites (N-methyl/N-ethyl adjacent to an activating group) is 1. The normalized spacial score (nSPS) is 32.1. The first-order valence-corrected chi connectivity index (χ1v) is 6.61. The van der Waals surface area contributed by atoms with Crippen molar-refractivity contribution in [1.29, 1.82) is 0 Å². The number of carbonyl (C=O) groups is 2. The van der Waals surface area contributed by atoms with E-state index >= 15 is 0 Å². The number of nitrogens with two attached hydrogens (primary N) is 1. The molecule has 1 aliphatic heterocycles. The number of hydrogen-bond acceptors (Lipinski definition) is 3. The highest BCUT2D eigenvalue weighted by molar-refractivity contribution is 7.80. The smallest absolute Gasteiger partial charge is 0.241 e. The van der Waals surface area contributed by atoms with E-state index in [0.717, 1.165) is 0 Å². The van der Waals surface area contributed by atoms with Crippen molar-refractivity contribution >= 4 is 29.0 Å². The van der Waals surface area contributed by atoms with Gasteiger partial charge in [0.05, 0.1) is 16.9 Å². The van der Waals surface area contributed by atoms with Crippen LogP contribution in [0.25, 0.3) is 0 Å². The highest BCUT2D eigenvalue weighted by Crippen LogP contribution is 2.47. The molecule has 5 nitrogen and oxygen atoms in total. The molecule has 1 heterocycles. The summed E-state index contributed by atoms with van der Waals surface area (Å²) in [6.07, 6.45) is 1.42. The summed E-state index contributed by atoms with van der Waals surface area (Å²) >= 11 is 5.07. The molecule has 0 aromatic carbocycles. The zero-order valence-electron chi connectivity index (χ0n) is 10.8. The average molecular weight is 269 g/mol. The summed E-state index contributed by atoms with van der Waals surface area (Å²) in [5.41, 5.74) is 5.06. The zero-order valence-corrected chi connectivity index (χ0v) is 11.6. The van der Waals surface area contributed by atoms with Crippen LogP contribution in [0.1, 0.15) is 19.8 Å². The van der Waals surface area contributed by atoms with Gasteiger partial charge in [0, 0.05) is 20.1 Å². The molecule has 0 spiro atoms. The molecule has 0 unspecified atom stereocenters. The van der Waals surface area contributed by atoms with Gasteiger partial charge >= 0.3 is 0 Å². The molecule has 6 heteroatoms. The van der Waals surface area contributed by atoms with Crippen molar-refractivity contribution in [2.75, 3.05) is 26.7 Å². The number of hydrogen-bond donors (Lipinski definition) is 1. The third-order valence-corrected chi connectivity index (χ3v) is 4.41. The molecule has 1 aliphatic carbocycles. The second kappa shape index (κ2) is 4.50. The van der Waals surface area contributed by atoms with Crippen molar-refractivity contribution in [3.05, 3.63) is 0 Å². The number of piperazine rings is 1. The Morgan fingerprint density at radius 1 is 1.44 bits per heavy atom. The molecule has 0 bridgehead atoms. The zero-order chi connectivity index (χ0) is 13.5. The Morgan fingerprint density at radius 2 is 2.06 bits per heavy atom. The molecule has 18 heavy (non-hydrogen) atoms. The molecule has 0 atom stereocenters. The van der Waals surface area contributed by atoms with Crippen LogP contribution in [0.4, 0.5) is 0 Å². The van der Waals surface area contributed by atoms with E-state index < -0.39 is 5.41 Å². The molecular weight excluding hydrogens is 250 g/mol. The lowest BCUT2D eigenvalue weighted by Crippen LogP contribution is -2.61. The fourth-order valence-corrected chi connectivity index (χ4v) is 3.10. The standard InChI is InChI=1S/C12H19N3O2S/c1-8-5-12(6-8,10(13)18)11(17)15-4-3-14(2)9(16)7-15/h8H,3-7H2,1-2H3,(H2,13,18). The van der Waals surface area contributed by atoms with Crippen LogP contribution >= 0.6 is 12.2 Å². The number of amides is 2. The van der Waals surface area contributed by atoms with Crippen LogP contribution in [0, 0.1) is 11.3 Å². The van der Waals surface area contributed by atoms with Gasteiger partial charge in [0.25, 0.3) is 0 Å². The van der Waals surface area contributed by atoms with Gasteiger partial charge in [-0.15, -0.1) is 0 Å². The molecule has 1 saturated heterocycles. The van der Waals surface area contributed by atoms with Gasteiger partial charge in [-0.25, -0.2) is 0 Å². The molecule has 0 aromatic rings. The third kappa shape index (κ3) is 1.98. The summed E-state index contributed by atoms with van der Waals surface area (Å²) in [4.78, 5) is 27.7. The molecule has 2 aliphatic rings. The lowest BCUT2D eigenvalue weighted by Gasteiger charge is -2.47. The fourth-order valence-electron chi connectivity index (χ4n) is 2.85. The Kier molecular flexibility index (Phi) is 3.31. The molecule has 1 saturated carbocycles. The van der Waals surface area contributed by atoms with Crippen LogP contribution in [-0.4, -0.2) is 53.3 Å². The lowest BCUT2D eigenvalue weighted by atomic mass is 9.61. The Balaban J connectivity index is 2.11. The van der Waals surface area contributed by atoms with E-state index in [1.165, 1.54) is 0 Å². The summed E-state index contributed by atoms with van der Waals surface area (Å²) in [6, 6.07) is 0. The van der Waals surface area contributed by atoms with Gasteiger partial charge in [-0.2, -0.15) is 0 Å². The molecule has 2 N–H and O–H groups in total. The fraction of sp³-hybridized carbons (Fsp3) is 0.750. The van der Waals surface area contributed by atoms with Crippen molar-refractivity contribution in [3.63, 3.8) is 0 Å². The number of thiocarbonyl (C=S) groups is 1. The van der Waals surface area contributed by atoms with Crippen molar-refractivity contribution in [2.45, 2.75) is 19.8 Å². The predicted octanol–water partition coefficient (Wildman–Crippen LogP) is -0.0106. The van der Waals surface area contributed by atoms with Crippen LogP contribution in [-0.2, 0) is 9.59 Å². The maximum atomic E-state index is 12.5. The highest BCUT2D eigenvalue weighted by atomic mass is 32.1. The van der Waals surface area contributed by atoms with Gasteiger partial charge in [-0.3, -0.25) is 9.59 Å². The van der Waals surface area contributed by atoms with Crippen molar-refractivity contribution in [1.82, 2.24) is 9.80 Å². The van der Waals surface area contributed by atoms with E-state index in [1.54, 1.807) is 16.8 Å². The Labute approximate surface area is 112 Å². The largest absolute Gasteiger partial charge is 0.392 e. The Morgan fingerprint density at radius 3 is 2.50 bits per heavy atom. The molecule has 100 valence electrons. The first-order valence-electron chi connectivity index (χ1n) is 6.20. The summed E-state index contributed by atoms with van der Waals surface area (Å²) < 4.78 is 0. The molecule has 2 fully saturated rings. The van der Waals surface area contributed by atoms with E-state index in [1.807, 2.05) is 0 Å². The SMILES string of the molecule is CC1CC(C(=O)N2CCN(C)C(=O)C2)(C(N)=S)C1. The van der Waals surface area contributed by atoms with Crippen molar-refractivity contribution < 1.29 is 9.59 Å². The maximum Gasteiger partial charge on any atom is 0.241 e. The van der Waals surface area contributed by atoms with Crippen LogP contribution < -0.4 is 5.73 Å². The van der Waals surface area contributed by atoms with E-state index in [0.29, 0.717) is 31.8 Å². The number of carbonyl (C=O) groups excluding carboxylic acids is 2. The molecule has 2 rings (SSSR count). The van der Waals surface area contributed by atoms with Gasteiger partial charge in [0.1, 0.15) is 0 Å². The van der Waals surface area contributed by atoms with Crippen molar-refractivity contribution in [2.24, 2.45) is 17.1 Å². The monoisotopic (exact) mass is 269 g/mol. The quantitative estimate of drug-likeness (QED) is 0.716. The Bertz CT molecular complexity index is 404. The summed E-state index contributed by atoms with van der Waals surface area (Å²) in [5, 5.41) is 0. The minimum atomic E-state index is -0.690. The summed E-state index contributed by atoms with van der Waals surface area (Å²) in [7, 11) is 1.75. The van der Waals surface area contributed by atoms with E-state index in [-0.39, 0.29) is 23.3 Å². The highest BCUT2D eigenvalue weighted by Gasteiger charge is 2.53. The van der Waals surface area contributed by atoms with Gasteiger partial charge in [-0.05, 0) is 18.8 Å². The molecule has 0 aromatic heterocycles. The topological polar surface area (TPSA) is 66.6 Å². The number of nitrogens with zero attached hydrogens (tertiary/aromatic N) is 2. The minimum absolute atomic E-state index is 0.0277. The van der Waals surface area contributed by atoms with E-state index in [4.69, 9.17) is 18.0 Å². The maximum absolute atomic E-state index is 12.5. The van der Waals surface area contributed by atoms with E-state index in [9.17, 15) is 9.59 Å². The first kappa shape index (κ1) is 13.3.